The van der Waals surface area contributed by atoms with Crippen LogP contribution in [0.5, 0.6) is 0 Å². The molecule has 13 aromatic rings. The lowest BCUT2D eigenvalue weighted by Gasteiger charge is -2.41. The molecule has 3 aromatic heterocycles. The molecule has 0 bridgehead atoms. The molecule has 0 amide bonds. The van der Waals surface area contributed by atoms with Crippen LogP contribution in [-0.2, 0) is 0 Å². The molecule has 0 aliphatic carbocycles. The summed E-state index contributed by atoms with van der Waals surface area (Å²) in [6.07, 6.45) is 0. The average molecular weight is 842 g/mol. The summed E-state index contributed by atoms with van der Waals surface area (Å²) in [5, 5.41) is 7.69. The summed E-state index contributed by atoms with van der Waals surface area (Å²) in [4.78, 5) is 2.66. The summed E-state index contributed by atoms with van der Waals surface area (Å²) in [6, 6.07) is 81.5. The van der Waals surface area contributed by atoms with Crippen molar-refractivity contribution in [2.45, 2.75) is 0 Å². The number of benzene rings is 10. The Morgan fingerprint density at radius 3 is 1.72 bits per heavy atom. The monoisotopic (exact) mass is 841 g/mol. The molecule has 0 saturated carbocycles. The molecule has 0 atom stereocenters. The fourth-order valence-electron chi connectivity index (χ4n) is 11.6. The van der Waals surface area contributed by atoms with Crippen molar-refractivity contribution in [1.29, 1.82) is 0 Å². The van der Waals surface area contributed by atoms with E-state index in [2.05, 4.69) is 232 Å². The van der Waals surface area contributed by atoms with Gasteiger partial charge in [-0.1, -0.05) is 164 Å². The van der Waals surface area contributed by atoms with Gasteiger partial charge in [0.15, 0.2) is 0 Å². The maximum atomic E-state index is 2.66. The minimum atomic E-state index is -0.0353. The lowest BCUT2D eigenvalue weighted by Crippen LogP contribution is -2.60. The topological polar surface area (TPSA) is 13.1 Å². The minimum Gasteiger partial charge on any atom is -0.310 e. The number of para-hydroxylation sites is 4. The summed E-state index contributed by atoms with van der Waals surface area (Å²) in [5.74, 6) is 0. The van der Waals surface area contributed by atoms with Gasteiger partial charge in [-0.3, -0.25) is 0 Å². The van der Waals surface area contributed by atoms with Gasteiger partial charge in [0.2, 0.25) is 0 Å². The van der Waals surface area contributed by atoms with Crippen molar-refractivity contribution < 1.29 is 0 Å². The average Bonchev–Trinajstić information content (AvgIpc) is 4.04. The number of hydrogen-bond donors (Lipinski definition) is 0. The molecule has 0 unspecified atom stereocenters. The van der Waals surface area contributed by atoms with E-state index < -0.39 is 0 Å². The molecule has 10 aromatic carbocycles. The number of rotatable bonds is 4. The van der Waals surface area contributed by atoms with Gasteiger partial charge in [0, 0.05) is 65.2 Å². The van der Waals surface area contributed by atoms with Crippen LogP contribution in [0.3, 0.4) is 0 Å². The van der Waals surface area contributed by atoms with E-state index >= 15 is 0 Å². The van der Waals surface area contributed by atoms with Crippen LogP contribution in [-0.4, -0.2) is 15.8 Å². The van der Waals surface area contributed by atoms with Crippen molar-refractivity contribution in [1.82, 2.24) is 9.13 Å². The lowest BCUT2D eigenvalue weighted by molar-refractivity contribution is 1.17. The van der Waals surface area contributed by atoms with Crippen molar-refractivity contribution in [3.05, 3.63) is 218 Å². The zero-order chi connectivity index (χ0) is 42.3. The van der Waals surface area contributed by atoms with Crippen LogP contribution in [0.2, 0.25) is 0 Å². The second kappa shape index (κ2) is 13.2. The Bertz CT molecular complexity index is 4090. The second-order valence-corrected chi connectivity index (χ2v) is 18.6. The van der Waals surface area contributed by atoms with E-state index in [1.54, 1.807) is 0 Å². The highest BCUT2D eigenvalue weighted by molar-refractivity contribution is 7.26. The number of hydrogen-bond acceptors (Lipinski definition) is 2. The first-order chi connectivity index (χ1) is 32.3. The van der Waals surface area contributed by atoms with Crippen LogP contribution in [0.15, 0.2) is 218 Å². The summed E-state index contributed by atoms with van der Waals surface area (Å²) in [5.41, 5.74) is 19.8. The second-order valence-electron chi connectivity index (χ2n) is 17.6. The Morgan fingerprint density at radius 1 is 0.369 bits per heavy atom. The van der Waals surface area contributed by atoms with Gasteiger partial charge >= 0.3 is 0 Å². The number of thiophene rings is 1. The van der Waals surface area contributed by atoms with Crippen LogP contribution in [0.25, 0.3) is 97.4 Å². The third-order valence-electron chi connectivity index (χ3n) is 14.3. The molecule has 5 heteroatoms. The third-order valence-corrected chi connectivity index (χ3v) is 15.5. The largest absolute Gasteiger partial charge is 0.310 e. The molecule has 65 heavy (non-hydrogen) atoms. The van der Waals surface area contributed by atoms with Crippen molar-refractivity contribution in [2.75, 3.05) is 4.90 Å². The Labute approximate surface area is 379 Å². The van der Waals surface area contributed by atoms with Gasteiger partial charge in [-0.25, -0.2) is 0 Å². The summed E-state index contributed by atoms with van der Waals surface area (Å²) >= 11 is 1.93. The van der Waals surface area contributed by atoms with E-state index in [1.165, 1.54) is 119 Å². The highest BCUT2D eigenvalue weighted by atomic mass is 32.1. The van der Waals surface area contributed by atoms with E-state index in [-0.39, 0.29) is 6.71 Å². The predicted molar refractivity (Wildman–Crippen MR) is 278 cm³/mol. The zero-order valence-electron chi connectivity index (χ0n) is 35.1. The maximum absolute atomic E-state index is 2.66. The van der Waals surface area contributed by atoms with Gasteiger partial charge in [-0.05, 0) is 87.7 Å². The van der Waals surface area contributed by atoms with Crippen LogP contribution in [0.1, 0.15) is 0 Å². The van der Waals surface area contributed by atoms with E-state index in [1.807, 2.05) is 11.3 Å². The molecular weight excluding hydrogens is 806 g/mol. The molecular formula is C60H36BN3S. The summed E-state index contributed by atoms with van der Waals surface area (Å²) < 4.78 is 7.68. The molecule has 0 radical (unpaired) electrons. The Balaban J connectivity index is 1.14. The number of fused-ring (bicyclic) bond motifs is 14. The van der Waals surface area contributed by atoms with Gasteiger partial charge in [0.1, 0.15) is 0 Å². The normalized spacial score (nSPS) is 12.9. The zero-order valence-corrected chi connectivity index (χ0v) is 35.9. The predicted octanol–water partition coefficient (Wildman–Crippen LogP) is 14.2. The lowest BCUT2D eigenvalue weighted by atomic mass is 9.33. The number of aromatic nitrogens is 2. The number of nitrogens with zero attached hydrogens (tertiary/aromatic N) is 3. The van der Waals surface area contributed by atoms with Gasteiger partial charge in [0.25, 0.3) is 6.71 Å². The van der Waals surface area contributed by atoms with E-state index in [4.69, 9.17) is 0 Å². The minimum absolute atomic E-state index is 0.0353. The molecule has 0 fully saturated rings. The standard InChI is InChI=1S/C60H36BN3S/c1-3-16-37(17-4-1)39-30-32-41(38-18-5-2-6-19-38)54(34-39)64-53-33-31-40(62-50-26-11-7-20-42(50)43-21-8-12-27-51(43)62)35-49(53)61-48-25-15-24-46-44-22-9-13-28-52(44)63(58(46)48)55-36-47-45-23-10-14-29-56(45)65-60(47)59(64)57(55)61/h1-36H. The van der Waals surface area contributed by atoms with Crippen molar-refractivity contribution in [2.24, 2.45) is 0 Å². The Kier molecular flexibility index (Phi) is 7.19. The first kappa shape index (κ1) is 35.4. The first-order valence-corrected chi connectivity index (χ1v) is 23.3. The van der Waals surface area contributed by atoms with Crippen molar-refractivity contribution in [3.8, 4) is 33.6 Å². The third kappa shape index (κ3) is 4.80. The van der Waals surface area contributed by atoms with Crippen molar-refractivity contribution >= 4 is 115 Å². The quantitative estimate of drug-likeness (QED) is 0.161. The molecule has 2 aliphatic heterocycles. The molecule has 0 saturated heterocycles. The molecule has 15 rings (SSSR count). The molecule has 0 spiro atoms. The number of anilines is 3. The van der Waals surface area contributed by atoms with Gasteiger partial charge < -0.3 is 14.0 Å². The first-order valence-electron chi connectivity index (χ1n) is 22.5. The van der Waals surface area contributed by atoms with Gasteiger partial charge in [-0.15, -0.1) is 11.3 Å². The summed E-state index contributed by atoms with van der Waals surface area (Å²) in [7, 11) is 0. The highest BCUT2D eigenvalue weighted by Gasteiger charge is 2.44. The van der Waals surface area contributed by atoms with Crippen LogP contribution in [0.4, 0.5) is 17.1 Å². The van der Waals surface area contributed by atoms with E-state index in [0.29, 0.717) is 0 Å². The van der Waals surface area contributed by atoms with E-state index in [0.717, 1.165) is 11.4 Å². The molecule has 0 N–H and O–H groups in total. The smallest absolute Gasteiger partial charge is 0.252 e. The molecule has 2 aliphatic rings. The fraction of sp³-hybridized carbons (Fsp3) is 0. The van der Waals surface area contributed by atoms with Gasteiger partial charge in [-0.2, -0.15) is 0 Å². The van der Waals surface area contributed by atoms with E-state index in [9.17, 15) is 0 Å². The molecule has 5 heterocycles. The molecule has 3 nitrogen and oxygen atoms in total. The Morgan fingerprint density at radius 2 is 0.985 bits per heavy atom. The van der Waals surface area contributed by atoms with Crippen LogP contribution in [0, 0.1) is 0 Å². The Hall–Kier alpha value is -8.12. The summed E-state index contributed by atoms with van der Waals surface area (Å²) in [6.45, 7) is -0.0353. The van der Waals surface area contributed by atoms with Gasteiger partial charge in [0.05, 0.1) is 32.6 Å². The highest BCUT2D eigenvalue weighted by Crippen LogP contribution is 2.51. The maximum Gasteiger partial charge on any atom is 0.252 e. The van der Waals surface area contributed by atoms with Crippen LogP contribution >= 0.6 is 11.3 Å². The fourth-order valence-corrected chi connectivity index (χ4v) is 12.8. The molecule has 300 valence electrons. The van der Waals surface area contributed by atoms with Crippen LogP contribution < -0.4 is 21.3 Å². The SMILES string of the molecule is c1ccc(-c2ccc(-c3ccccc3)c(N3c4ccc(-n5c6ccccc6c6ccccc65)cc4B4c5c(cc6c(sc7ccccc76)c53)-n3c5ccccc5c5cccc4c53)c2)cc1. The van der Waals surface area contributed by atoms with Crippen molar-refractivity contribution in [3.63, 3.8) is 0 Å².